The average molecular weight is 337 g/mol. The number of hydrogen-bond donors (Lipinski definition) is 1. The highest BCUT2D eigenvalue weighted by Crippen LogP contribution is 2.14. The van der Waals surface area contributed by atoms with Crippen LogP contribution >= 0.6 is 0 Å². The quantitative estimate of drug-likeness (QED) is 0.933. The van der Waals surface area contributed by atoms with Gasteiger partial charge in [-0.25, -0.2) is 0 Å². The molecule has 0 radical (unpaired) electrons. The standard InChI is InChI=1S/C20H23N3O2/c24-19(22-15-16-8-10-21-11-9-16)17-6-5-7-18(14-17)20(25)23-12-3-1-2-4-13-23/h5-11,14H,1-4,12-13,15H2,(H,22,24). The van der Waals surface area contributed by atoms with Crippen molar-refractivity contribution in [2.75, 3.05) is 13.1 Å². The molecule has 0 spiro atoms. The Labute approximate surface area is 148 Å². The van der Waals surface area contributed by atoms with Crippen molar-refractivity contribution < 1.29 is 9.59 Å². The van der Waals surface area contributed by atoms with Crippen LogP contribution in [0.2, 0.25) is 0 Å². The van der Waals surface area contributed by atoms with Crippen LogP contribution in [0, 0.1) is 0 Å². The molecule has 1 aliphatic heterocycles. The number of rotatable bonds is 4. The van der Waals surface area contributed by atoms with Crippen LogP contribution in [0.4, 0.5) is 0 Å². The highest BCUT2D eigenvalue weighted by molar-refractivity contribution is 5.99. The fourth-order valence-corrected chi connectivity index (χ4v) is 3.03. The minimum absolute atomic E-state index is 0.0192. The second-order valence-corrected chi connectivity index (χ2v) is 6.33. The molecule has 1 N–H and O–H groups in total. The van der Waals surface area contributed by atoms with Gasteiger partial charge in [-0.3, -0.25) is 14.6 Å². The van der Waals surface area contributed by atoms with Gasteiger partial charge in [0.15, 0.2) is 0 Å². The smallest absolute Gasteiger partial charge is 0.253 e. The van der Waals surface area contributed by atoms with Crippen LogP contribution in [-0.4, -0.2) is 34.8 Å². The molecule has 1 saturated heterocycles. The molecule has 2 aromatic rings. The second-order valence-electron chi connectivity index (χ2n) is 6.33. The lowest BCUT2D eigenvalue weighted by atomic mass is 10.1. The summed E-state index contributed by atoms with van der Waals surface area (Å²) < 4.78 is 0. The van der Waals surface area contributed by atoms with Gasteiger partial charge in [0.1, 0.15) is 0 Å². The molecular formula is C20H23N3O2. The molecule has 1 aromatic heterocycles. The second kappa shape index (κ2) is 8.42. The van der Waals surface area contributed by atoms with Crippen molar-refractivity contribution in [3.63, 3.8) is 0 Å². The van der Waals surface area contributed by atoms with E-state index in [1.54, 1.807) is 36.7 Å². The van der Waals surface area contributed by atoms with Gasteiger partial charge < -0.3 is 10.2 Å². The van der Waals surface area contributed by atoms with Gasteiger partial charge in [0.25, 0.3) is 11.8 Å². The lowest BCUT2D eigenvalue weighted by Gasteiger charge is -2.20. The lowest BCUT2D eigenvalue weighted by molar-refractivity contribution is 0.0761. The van der Waals surface area contributed by atoms with Crippen molar-refractivity contribution in [1.29, 1.82) is 0 Å². The lowest BCUT2D eigenvalue weighted by Crippen LogP contribution is -2.32. The van der Waals surface area contributed by atoms with Gasteiger partial charge in [0.2, 0.25) is 0 Å². The number of hydrogen-bond acceptors (Lipinski definition) is 3. The molecule has 5 nitrogen and oxygen atoms in total. The molecule has 1 fully saturated rings. The molecule has 130 valence electrons. The van der Waals surface area contributed by atoms with E-state index in [1.807, 2.05) is 17.0 Å². The van der Waals surface area contributed by atoms with Crippen molar-refractivity contribution in [2.24, 2.45) is 0 Å². The summed E-state index contributed by atoms with van der Waals surface area (Å²) in [6, 6.07) is 10.7. The minimum atomic E-state index is -0.178. The van der Waals surface area contributed by atoms with Gasteiger partial charge in [-0.1, -0.05) is 18.9 Å². The molecule has 5 heteroatoms. The van der Waals surface area contributed by atoms with Gasteiger partial charge in [0.05, 0.1) is 0 Å². The summed E-state index contributed by atoms with van der Waals surface area (Å²) in [5.74, 6) is -0.159. The molecular weight excluding hydrogens is 314 g/mol. The molecule has 25 heavy (non-hydrogen) atoms. The van der Waals surface area contributed by atoms with Crippen LogP contribution in [-0.2, 0) is 6.54 Å². The van der Waals surface area contributed by atoms with E-state index in [-0.39, 0.29) is 11.8 Å². The van der Waals surface area contributed by atoms with Crippen LogP contribution in [0.15, 0.2) is 48.8 Å². The first-order valence-electron chi connectivity index (χ1n) is 8.80. The van der Waals surface area contributed by atoms with Crippen molar-refractivity contribution in [3.05, 3.63) is 65.5 Å². The summed E-state index contributed by atoms with van der Waals surface area (Å²) >= 11 is 0. The molecule has 3 rings (SSSR count). The third-order valence-corrected chi connectivity index (χ3v) is 4.47. The number of amides is 2. The minimum Gasteiger partial charge on any atom is -0.348 e. The van der Waals surface area contributed by atoms with Crippen LogP contribution in [0.5, 0.6) is 0 Å². The monoisotopic (exact) mass is 337 g/mol. The summed E-state index contributed by atoms with van der Waals surface area (Å²) in [4.78, 5) is 30.9. The summed E-state index contributed by atoms with van der Waals surface area (Å²) in [7, 11) is 0. The van der Waals surface area contributed by atoms with Crippen LogP contribution in [0.25, 0.3) is 0 Å². The maximum atomic E-state index is 12.7. The van der Waals surface area contributed by atoms with E-state index in [9.17, 15) is 9.59 Å². The van der Waals surface area contributed by atoms with Crippen LogP contribution < -0.4 is 5.32 Å². The molecule has 1 aromatic carbocycles. The Morgan fingerprint density at radius 2 is 1.64 bits per heavy atom. The Morgan fingerprint density at radius 1 is 0.960 bits per heavy atom. The van der Waals surface area contributed by atoms with E-state index >= 15 is 0 Å². The highest BCUT2D eigenvalue weighted by Gasteiger charge is 2.18. The summed E-state index contributed by atoms with van der Waals surface area (Å²) in [5.41, 5.74) is 2.08. The molecule has 0 saturated carbocycles. The first kappa shape index (κ1) is 17.1. The van der Waals surface area contributed by atoms with Gasteiger partial charge >= 0.3 is 0 Å². The molecule has 0 unspecified atom stereocenters. The fourth-order valence-electron chi connectivity index (χ4n) is 3.03. The Hall–Kier alpha value is -2.69. The number of benzene rings is 1. The van der Waals surface area contributed by atoms with Crippen molar-refractivity contribution in [2.45, 2.75) is 32.2 Å². The first-order valence-corrected chi connectivity index (χ1v) is 8.80. The van der Waals surface area contributed by atoms with E-state index in [4.69, 9.17) is 0 Å². The largest absolute Gasteiger partial charge is 0.348 e. The van der Waals surface area contributed by atoms with Crippen LogP contribution in [0.1, 0.15) is 52.0 Å². The predicted molar refractivity (Wildman–Crippen MR) is 96.2 cm³/mol. The topological polar surface area (TPSA) is 62.3 Å². The summed E-state index contributed by atoms with van der Waals surface area (Å²) in [6.45, 7) is 2.04. The van der Waals surface area contributed by atoms with E-state index in [0.29, 0.717) is 17.7 Å². The molecule has 2 amide bonds. The van der Waals surface area contributed by atoms with Crippen molar-refractivity contribution in [3.8, 4) is 0 Å². The van der Waals surface area contributed by atoms with Gasteiger partial charge in [-0.2, -0.15) is 0 Å². The maximum Gasteiger partial charge on any atom is 0.253 e. The molecule has 2 heterocycles. The third-order valence-electron chi connectivity index (χ3n) is 4.47. The maximum absolute atomic E-state index is 12.7. The average Bonchev–Trinajstić information content (AvgIpc) is 2.96. The summed E-state index contributed by atoms with van der Waals surface area (Å²) in [6.07, 6.45) is 7.86. The van der Waals surface area contributed by atoms with Crippen LogP contribution in [0.3, 0.4) is 0 Å². The number of likely N-dealkylation sites (tertiary alicyclic amines) is 1. The Balaban J connectivity index is 1.65. The Morgan fingerprint density at radius 3 is 2.36 bits per heavy atom. The zero-order chi connectivity index (χ0) is 17.5. The van der Waals surface area contributed by atoms with E-state index in [0.717, 1.165) is 31.5 Å². The van der Waals surface area contributed by atoms with E-state index in [2.05, 4.69) is 10.3 Å². The van der Waals surface area contributed by atoms with Crippen molar-refractivity contribution in [1.82, 2.24) is 15.2 Å². The Bertz CT molecular complexity index is 723. The van der Waals surface area contributed by atoms with Gasteiger partial charge in [-0.05, 0) is 48.7 Å². The van der Waals surface area contributed by atoms with E-state index < -0.39 is 0 Å². The fraction of sp³-hybridized carbons (Fsp3) is 0.350. The number of aromatic nitrogens is 1. The number of carbonyl (C=O) groups excluding carboxylic acids is 2. The Kier molecular flexibility index (Phi) is 5.77. The van der Waals surface area contributed by atoms with Gasteiger partial charge in [0, 0.05) is 43.2 Å². The molecule has 0 aliphatic carbocycles. The zero-order valence-electron chi connectivity index (χ0n) is 14.3. The normalized spacial score (nSPS) is 14.6. The van der Waals surface area contributed by atoms with Gasteiger partial charge in [-0.15, -0.1) is 0 Å². The first-order chi connectivity index (χ1) is 12.2. The number of nitrogens with zero attached hydrogens (tertiary/aromatic N) is 2. The van der Waals surface area contributed by atoms with E-state index in [1.165, 1.54) is 12.8 Å². The predicted octanol–water partition coefficient (Wildman–Crippen LogP) is 3.03. The SMILES string of the molecule is O=C(NCc1ccncc1)c1cccc(C(=O)N2CCCCCC2)c1. The summed E-state index contributed by atoms with van der Waals surface area (Å²) in [5, 5.41) is 2.88. The molecule has 0 atom stereocenters. The number of carbonyl (C=O) groups is 2. The molecule has 0 bridgehead atoms. The zero-order valence-corrected chi connectivity index (χ0v) is 14.3. The number of pyridine rings is 1. The highest BCUT2D eigenvalue weighted by atomic mass is 16.2. The van der Waals surface area contributed by atoms with Crippen molar-refractivity contribution >= 4 is 11.8 Å². The molecule has 1 aliphatic rings. The third kappa shape index (κ3) is 4.66. The number of nitrogens with one attached hydrogen (secondary N) is 1.